The summed E-state index contributed by atoms with van der Waals surface area (Å²) in [6.45, 7) is 0.495. The molecule has 2 N–H and O–H groups in total. The predicted molar refractivity (Wildman–Crippen MR) is 80.7 cm³/mol. The van der Waals surface area contributed by atoms with Gasteiger partial charge in [-0.15, -0.1) is 0 Å². The molecule has 1 aromatic rings. The number of hydrogen-bond acceptors (Lipinski definition) is 2. The van der Waals surface area contributed by atoms with Crippen LogP contribution < -0.4 is 5.32 Å². The van der Waals surface area contributed by atoms with Gasteiger partial charge >= 0.3 is 5.97 Å². The Labute approximate surface area is 127 Å². The zero-order valence-corrected chi connectivity index (χ0v) is 13.3. The second-order valence-electron chi connectivity index (χ2n) is 3.73. The Balaban J connectivity index is 2.41. The number of halogens is 2. The molecule has 0 unspecified atom stereocenters. The number of rotatable bonds is 6. The molecule has 1 rings (SSSR count). The molecule has 18 heavy (non-hydrogen) atoms. The van der Waals surface area contributed by atoms with Gasteiger partial charge in [-0.05, 0) is 53.6 Å². The number of carboxylic acid groups (broad SMARTS) is 1. The number of aliphatic carboxylic acids is 1. The van der Waals surface area contributed by atoms with Gasteiger partial charge in [0.25, 0.3) is 5.91 Å². The van der Waals surface area contributed by atoms with Crippen molar-refractivity contribution in [3.63, 3.8) is 0 Å². The molecule has 0 fully saturated rings. The van der Waals surface area contributed by atoms with Crippen molar-refractivity contribution in [1.82, 2.24) is 5.32 Å². The van der Waals surface area contributed by atoms with Crippen molar-refractivity contribution in [3.05, 3.63) is 31.8 Å². The van der Waals surface area contributed by atoms with Crippen LogP contribution in [0.5, 0.6) is 0 Å². The van der Waals surface area contributed by atoms with Gasteiger partial charge < -0.3 is 10.4 Å². The fraction of sp³-hybridized carbons (Fsp3) is 0.333. The molecule has 1 aromatic carbocycles. The van der Waals surface area contributed by atoms with Crippen LogP contribution in [0.25, 0.3) is 0 Å². The van der Waals surface area contributed by atoms with Crippen molar-refractivity contribution in [3.8, 4) is 0 Å². The topological polar surface area (TPSA) is 66.4 Å². The highest BCUT2D eigenvalue weighted by Gasteiger charge is 2.09. The summed E-state index contributed by atoms with van der Waals surface area (Å²) in [5, 5.41) is 11.3. The average Bonchev–Trinajstić information content (AvgIpc) is 2.31. The molecule has 1 amide bonds. The van der Waals surface area contributed by atoms with Gasteiger partial charge in [0, 0.05) is 21.0 Å². The van der Waals surface area contributed by atoms with E-state index >= 15 is 0 Å². The van der Waals surface area contributed by atoms with Crippen LogP contribution in [0.1, 0.15) is 29.6 Å². The maximum absolute atomic E-state index is 11.9. The highest BCUT2D eigenvalue weighted by atomic mass is 127. The van der Waals surface area contributed by atoms with E-state index in [0.29, 0.717) is 24.9 Å². The molecular weight excluding hydrogens is 413 g/mol. The molecule has 0 aliphatic heterocycles. The van der Waals surface area contributed by atoms with Crippen molar-refractivity contribution in [2.24, 2.45) is 0 Å². The molecule has 0 heterocycles. The fourth-order valence-electron chi connectivity index (χ4n) is 1.37. The summed E-state index contributed by atoms with van der Waals surface area (Å²) in [6, 6.07) is 5.52. The van der Waals surface area contributed by atoms with Gasteiger partial charge in [0.05, 0.1) is 5.56 Å². The van der Waals surface area contributed by atoms with Gasteiger partial charge in [-0.25, -0.2) is 0 Å². The largest absolute Gasteiger partial charge is 0.481 e. The van der Waals surface area contributed by atoms with E-state index in [9.17, 15) is 9.59 Å². The minimum absolute atomic E-state index is 0.129. The van der Waals surface area contributed by atoms with Crippen LogP contribution in [0.4, 0.5) is 0 Å². The minimum atomic E-state index is -0.803. The number of unbranched alkanes of at least 4 members (excludes halogenated alkanes) is 1. The molecule has 0 aromatic heterocycles. The lowest BCUT2D eigenvalue weighted by Crippen LogP contribution is -2.25. The number of benzene rings is 1. The molecule has 0 atom stereocenters. The molecule has 0 aliphatic carbocycles. The molecule has 0 spiro atoms. The summed E-state index contributed by atoms with van der Waals surface area (Å²) in [4.78, 5) is 22.2. The molecule has 98 valence electrons. The third-order valence-corrected chi connectivity index (χ3v) is 3.71. The number of amides is 1. The van der Waals surface area contributed by atoms with Gasteiger partial charge in [0.2, 0.25) is 0 Å². The first-order valence-electron chi connectivity index (χ1n) is 5.45. The van der Waals surface area contributed by atoms with Crippen molar-refractivity contribution < 1.29 is 14.7 Å². The standard InChI is InChI=1S/C12H13BrINO3/c13-8-4-5-10(14)9(7-8)12(18)15-6-2-1-3-11(16)17/h4-5,7H,1-3,6H2,(H,15,18)(H,16,17). The molecule has 4 nitrogen and oxygen atoms in total. The zero-order chi connectivity index (χ0) is 13.5. The lowest BCUT2D eigenvalue weighted by molar-refractivity contribution is -0.137. The average molecular weight is 426 g/mol. The minimum Gasteiger partial charge on any atom is -0.481 e. The van der Waals surface area contributed by atoms with Crippen molar-refractivity contribution in [2.45, 2.75) is 19.3 Å². The number of carbonyl (C=O) groups is 2. The number of carbonyl (C=O) groups excluding carboxylic acids is 1. The lowest BCUT2D eigenvalue weighted by atomic mass is 10.2. The first kappa shape index (κ1) is 15.4. The van der Waals surface area contributed by atoms with E-state index in [1.807, 2.05) is 12.1 Å². The summed E-state index contributed by atoms with van der Waals surface area (Å²) in [7, 11) is 0. The quantitative estimate of drug-likeness (QED) is 0.543. The van der Waals surface area contributed by atoms with Crippen molar-refractivity contribution >= 4 is 50.4 Å². The number of carboxylic acids is 1. The van der Waals surface area contributed by atoms with Crippen LogP contribution in [0.3, 0.4) is 0 Å². The normalized spacial score (nSPS) is 10.1. The fourth-order valence-corrected chi connectivity index (χ4v) is 2.31. The molecular formula is C12H13BrINO3. The smallest absolute Gasteiger partial charge is 0.303 e. The summed E-state index contributed by atoms with van der Waals surface area (Å²) in [6.07, 6.45) is 1.39. The summed E-state index contributed by atoms with van der Waals surface area (Å²) >= 11 is 5.43. The number of hydrogen-bond donors (Lipinski definition) is 2. The summed E-state index contributed by atoms with van der Waals surface area (Å²) < 4.78 is 1.75. The Morgan fingerprint density at radius 1 is 1.33 bits per heavy atom. The van der Waals surface area contributed by atoms with E-state index in [-0.39, 0.29) is 12.3 Å². The van der Waals surface area contributed by atoms with Crippen LogP contribution in [0.2, 0.25) is 0 Å². The Bertz CT molecular complexity index is 451. The third-order valence-electron chi connectivity index (χ3n) is 2.28. The maximum Gasteiger partial charge on any atom is 0.303 e. The second-order valence-corrected chi connectivity index (χ2v) is 5.81. The highest BCUT2D eigenvalue weighted by molar-refractivity contribution is 14.1. The molecule has 0 radical (unpaired) electrons. The highest BCUT2D eigenvalue weighted by Crippen LogP contribution is 2.18. The van der Waals surface area contributed by atoms with Crippen molar-refractivity contribution in [2.75, 3.05) is 6.54 Å². The van der Waals surface area contributed by atoms with E-state index in [2.05, 4.69) is 43.8 Å². The molecule has 6 heteroatoms. The molecule has 0 saturated heterocycles. The van der Waals surface area contributed by atoms with E-state index in [0.717, 1.165) is 8.04 Å². The van der Waals surface area contributed by atoms with Crippen LogP contribution >= 0.6 is 38.5 Å². The Kier molecular flexibility index (Phi) is 6.62. The van der Waals surface area contributed by atoms with Crippen molar-refractivity contribution in [1.29, 1.82) is 0 Å². The van der Waals surface area contributed by atoms with E-state index in [1.165, 1.54) is 0 Å². The first-order chi connectivity index (χ1) is 8.50. The Morgan fingerprint density at radius 2 is 2.06 bits per heavy atom. The maximum atomic E-state index is 11.9. The molecule has 0 aliphatic rings. The van der Waals surface area contributed by atoms with E-state index in [1.54, 1.807) is 6.07 Å². The lowest BCUT2D eigenvalue weighted by Gasteiger charge is -2.07. The third kappa shape index (κ3) is 5.34. The zero-order valence-electron chi connectivity index (χ0n) is 9.58. The van der Waals surface area contributed by atoms with E-state index < -0.39 is 5.97 Å². The van der Waals surface area contributed by atoms with Gasteiger partial charge in [-0.1, -0.05) is 15.9 Å². The van der Waals surface area contributed by atoms with Crippen LogP contribution in [0.15, 0.2) is 22.7 Å². The van der Waals surface area contributed by atoms with Gasteiger partial charge in [-0.3, -0.25) is 9.59 Å². The SMILES string of the molecule is O=C(O)CCCCNC(=O)c1cc(Br)ccc1I. The van der Waals surface area contributed by atoms with E-state index in [4.69, 9.17) is 5.11 Å². The summed E-state index contributed by atoms with van der Waals surface area (Å²) in [5.41, 5.74) is 0.628. The van der Waals surface area contributed by atoms with Gasteiger partial charge in [0.1, 0.15) is 0 Å². The Hall–Kier alpha value is -0.630. The van der Waals surface area contributed by atoms with Crippen LogP contribution in [0, 0.1) is 3.57 Å². The van der Waals surface area contributed by atoms with Gasteiger partial charge in [0.15, 0.2) is 0 Å². The van der Waals surface area contributed by atoms with Crippen LogP contribution in [-0.2, 0) is 4.79 Å². The first-order valence-corrected chi connectivity index (χ1v) is 7.33. The molecule has 0 saturated carbocycles. The monoisotopic (exact) mass is 425 g/mol. The van der Waals surface area contributed by atoms with Crippen LogP contribution in [-0.4, -0.2) is 23.5 Å². The predicted octanol–water partition coefficient (Wildman–Crippen LogP) is 3.04. The van der Waals surface area contributed by atoms with Gasteiger partial charge in [-0.2, -0.15) is 0 Å². The Morgan fingerprint density at radius 3 is 2.72 bits per heavy atom. The molecule has 0 bridgehead atoms. The second kappa shape index (κ2) is 7.73. The summed E-state index contributed by atoms with van der Waals surface area (Å²) in [5.74, 6) is -0.932. The number of nitrogens with one attached hydrogen (secondary N) is 1.